The van der Waals surface area contributed by atoms with Crippen LogP contribution in [0, 0.1) is 23.3 Å². The summed E-state index contributed by atoms with van der Waals surface area (Å²) in [5.74, 6) is -2.42. The Labute approximate surface area is 417 Å². The van der Waals surface area contributed by atoms with E-state index >= 15 is 17.6 Å². The van der Waals surface area contributed by atoms with Crippen LogP contribution in [0.4, 0.5) is 68.7 Å². The number of hydrogen-bond donors (Lipinski definition) is 0. The van der Waals surface area contributed by atoms with Crippen molar-refractivity contribution in [3.63, 3.8) is 0 Å². The van der Waals surface area contributed by atoms with Crippen molar-refractivity contribution >= 4 is 51.2 Å². The van der Waals surface area contributed by atoms with Crippen molar-refractivity contribution in [2.45, 2.75) is 19.8 Å². The summed E-state index contributed by atoms with van der Waals surface area (Å²) in [7, 11) is 5.74. The van der Waals surface area contributed by atoms with E-state index < -0.39 is 34.8 Å². The molecule has 0 aromatic heterocycles. The number of hydrogen-bond acceptors (Lipinski definition) is 7. The third-order valence-electron chi connectivity index (χ3n) is 12.5. The Morgan fingerprint density at radius 3 is 0.736 bits per heavy atom. The van der Waals surface area contributed by atoms with Crippen LogP contribution in [0.25, 0.3) is 22.3 Å². The SMILES string of the molecule is COc1ccc(N(c2ccc(OC)cc2)c2ccc(-c3ccc(N(c4ccc(-c5ccc(N(c6ccc(C(C)C)cc6)c6cc(F)c(OC)c(F)c6)cc5)cc4)c4cc(F)c(OC)c(F)c4)cc3)cc2)cc1. The van der Waals surface area contributed by atoms with Crippen LogP contribution in [0.1, 0.15) is 25.3 Å². The zero-order chi connectivity index (χ0) is 50.5. The molecule has 9 aromatic carbocycles. The normalized spacial score (nSPS) is 11.0. The van der Waals surface area contributed by atoms with Gasteiger partial charge >= 0.3 is 0 Å². The minimum Gasteiger partial charge on any atom is -0.497 e. The standard InChI is InChI=1S/C61H51F4N3O4/c1-39(2)40-7-17-46(18-8-40)67(52-35-56(62)60(71-5)57(63)36-52)47-21-11-43(12-22-47)44-15-25-49(26-16-44)68(53-37-58(64)61(72-6)59(65)38-53)48-23-13-42(14-24-48)41-9-19-45(20-10-41)66(50-27-31-54(69-3)32-28-50)51-29-33-55(70-4)34-30-51/h7-39H,1-6H3. The average Bonchev–Trinajstić information content (AvgIpc) is 3.40. The van der Waals surface area contributed by atoms with Gasteiger partial charge in [-0.05, 0) is 143 Å². The van der Waals surface area contributed by atoms with Crippen molar-refractivity contribution < 1.29 is 36.5 Å². The van der Waals surface area contributed by atoms with E-state index in [1.54, 1.807) is 24.0 Å². The predicted molar refractivity (Wildman–Crippen MR) is 281 cm³/mol. The van der Waals surface area contributed by atoms with E-state index in [0.717, 1.165) is 62.1 Å². The van der Waals surface area contributed by atoms with Gasteiger partial charge in [0.2, 0.25) is 0 Å². The quantitative estimate of drug-likeness (QED) is 0.0894. The summed E-state index contributed by atoms with van der Waals surface area (Å²) in [5, 5.41) is 0. The van der Waals surface area contributed by atoms with E-state index in [1.165, 1.54) is 38.5 Å². The Morgan fingerprint density at radius 2 is 0.514 bits per heavy atom. The van der Waals surface area contributed by atoms with Crippen molar-refractivity contribution in [2.24, 2.45) is 0 Å². The van der Waals surface area contributed by atoms with Crippen LogP contribution >= 0.6 is 0 Å². The second kappa shape index (κ2) is 21.1. The van der Waals surface area contributed by atoms with Crippen LogP contribution in [0.3, 0.4) is 0 Å². The van der Waals surface area contributed by atoms with E-state index in [-0.39, 0.29) is 11.4 Å². The fourth-order valence-corrected chi connectivity index (χ4v) is 8.77. The highest BCUT2D eigenvalue weighted by molar-refractivity contribution is 5.83. The summed E-state index contributed by atoms with van der Waals surface area (Å²) in [6.45, 7) is 4.20. The number of halogens is 4. The molecule has 0 bridgehead atoms. The maximum Gasteiger partial charge on any atom is 0.190 e. The first kappa shape index (κ1) is 48.3. The number of rotatable bonds is 16. The first-order valence-electron chi connectivity index (χ1n) is 23.2. The molecule has 0 fully saturated rings. The molecule has 11 heteroatoms. The molecule has 0 saturated carbocycles. The molecular formula is C61H51F4N3O4. The van der Waals surface area contributed by atoms with Gasteiger partial charge in [-0.3, -0.25) is 0 Å². The highest BCUT2D eigenvalue weighted by Crippen LogP contribution is 2.43. The molecule has 0 saturated heterocycles. The van der Waals surface area contributed by atoms with Crippen LogP contribution in [0.2, 0.25) is 0 Å². The van der Waals surface area contributed by atoms with E-state index in [9.17, 15) is 0 Å². The fraction of sp³-hybridized carbons (Fsp3) is 0.115. The molecule has 72 heavy (non-hydrogen) atoms. The van der Waals surface area contributed by atoms with Crippen molar-refractivity contribution in [1.82, 2.24) is 0 Å². The van der Waals surface area contributed by atoms with Crippen molar-refractivity contribution in [3.05, 3.63) is 223 Å². The topological polar surface area (TPSA) is 46.6 Å². The van der Waals surface area contributed by atoms with Gasteiger partial charge in [0, 0.05) is 64.1 Å². The van der Waals surface area contributed by atoms with Gasteiger partial charge in [-0.15, -0.1) is 0 Å². The minimum atomic E-state index is -0.839. The zero-order valence-corrected chi connectivity index (χ0v) is 40.5. The van der Waals surface area contributed by atoms with E-state index in [1.807, 2.05) is 146 Å². The number of nitrogens with zero attached hydrogens (tertiary/aromatic N) is 3. The Hall–Kier alpha value is -8.70. The summed E-state index contributed by atoms with van der Waals surface area (Å²) >= 11 is 0. The second-order valence-electron chi connectivity index (χ2n) is 17.2. The minimum absolute atomic E-state index is 0.255. The first-order valence-corrected chi connectivity index (χ1v) is 23.2. The molecule has 0 aliphatic rings. The molecule has 0 spiro atoms. The van der Waals surface area contributed by atoms with Gasteiger partial charge < -0.3 is 33.6 Å². The van der Waals surface area contributed by atoms with Gasteiger partial charge in [0.25, 0.3) is 0 Å². The molecule has 362 valence electrons. The van der Waals surface area contributed by atoms with E-state index in [0.29, 0.717) is 23.0 Å². The lowest BCUT2D eigenvalue weighted by Crippen LogP contribution is -2.11. The Morgan fingerprint density at radius 1 is 0.292 bits per heavy atom. The van der Waals surface area contributed by atoms with Gasteiger partial charge in [-0.2, -0.15) is 0 Å². The molecule has 0 unspecified atom stereocenters. The number of methoxy groups -OCH3 is 4. The first-order chi connectivity index (χ1) is 35.0. The summed E-state index contributed by atoms with van der Waals surface area (Å²) in [6.07, 6.45) is 0. The van der Waals surface area contributed by atoms with E-state index in [4.69, 9.17) is 18.9 Å². The molecular weight excluding hydrogens is 915 g/mol. The van der Waals surface area contributed by atoms with E-state index in [2.05, 4.69) is 43.0 Å². The third kappa shape index (κ3) is 10.00. The largest absolute Gasteiger partial charge is 0.497 e. The lowest BCUT2D eigenvalue weighted by molar-refractivity contribution is 0.360. The molecule has 0 aliphatic carbocycles. The number of anilines is 9. The number of ether oxygens (including phenoxy) is 4. The lowest BCUT2D eigenvalue weighted by Gasteiger charge is -2.27. The molecule has 0 heterocycles. The van der Waals surface area contributed by atoms with Gasteiger partial charge in [0.1, 0.15) is 11.5 Å². The average molecular weight is 966 g/mol. The predicted octanol–water partition coefficient (Wildman–Crippen LogP) is 17.1. The van der Waals surface area contributed by atoms with Crippen LogP contribution in [0.5, 0.6) is 23.0 Å². The molecule has 0 N–H and O–H groups in total. The molecule has 9 rings (SSSR count). The molecule has 0 aliphatic heterocycles. The molecule has 0 amide bonds. The van der Waals surface area contributed by atoms with Gasteiger partial charge in [-0.1, -0.05) is 74.5 Å². The highest BCUT2D eigenvalue weighted by Gasteiger charge is 2.22. The fourth-order valence-electron chi connectivity index (χ4n) is 8.77. The van der Waals surface area contributed by atoms with Crippen LogP contribution in [0.15, 0.2) is 194 Å². The molecule has 0 atom stereocenters. The lowest BCUT2D eigenvalue weighted by atomic mass is 10.0. The molecule has 7 nitrogen and oxygen atoms in total. The monoisotopic (exact) mass is 965 g/mol. The summed E-state index contributed by atoms with van der Waals surface area (Å²) < 4.78 is 82.0. The van der Waals surface area contributed by atoms with Crippen molar-refractivity contribution in [3.8, 4) is 45.3 Å². The second-order valence-corrected chi connectivity index (χ2v) is 17.2. The number of benzene rings is 9. The maximum absolute atomic E-state index is 15.4. The van der Waals surface area contributed by atoms with Crippen LogP contribution in [-0.4, -0.2) is 28.4 Å². The summed E-state index contributed by atoms with van der Waals surface area (Å²) in [6, 6.07) is 60.0. The smallest absolute Gasteiger partial charge is 0.190 e. The zero-order valence-electron chi connectivity index (χ0n) is 40.5. The molecule has 0 radical (unpaired) electrons. The summed E-state index contributed by atoms with van der Waals surface area (Å²) in [4.78, 5) is 5.72. The van der Waals surface area contributed by atoms with Gasteiger partial charge in [-0.25, -0.2) is 17.6 Å². The van der Waals surface area contributed by atoms with Crippen molar-refractivity contribution in [2.75, 3.05) is 43.1 Å². The Kier molecular flexibility index (Phi) is 14.2. The summed E-state index contributed by atoms with van der Waals surface area (Å²) in [5.41, 5.74) is 10.8. The van der Waals surface area contributed by atoms with Gasteiger partial charge in [0.15, 0.2) is 34.8 Å². The molecule has 9 aromatic rings. The maximum atomic E-state index is 15.4. The van der Waals surface area contributed by atoms with Crippen molar-refractivity contribution in [1.29, 1.82) is 0 Å². The third-order valence-corrected chi connectivity index (χ3v) is 12.5. The highest BCUT2D eigenvalue weighted by atomic mass is 19.1. The van der Waals surface area contributed by atoms with Gasteiger partial charge in [0.05, 0.1) is 39.8 Å². The Balaban J connectivity index is 1.02. The Bertz CT molecular complexity index is 3190. The van der Waals surface area contributed by atoms with Crippen LogP contribution in [-0.2, 0) is 0 Å². The van der Waals surface area contributed by atoms with Crippen LogP contribution < -0.4 is 33.6 Å².